The molecule has 45 heavy (non-hydrogen) atoms. The van der Waals surface area contributed by atoms with Crippen LogP contribution in [-0.2, 0) is 9.53 Å². The van der Waals surface area contributed by atoms with Crippen LogP contribution < -0.4 is 9.47 Å². The highest BCUT2D eigenvalue weighted by molar-refractivity contribution is 5.91. The van der Waals surface area contributed by atoms with Gasteiger partial charge in [0, 0.05) is 24.2 Å². The van der Waals surface area contributed by atoms with Crippen molar-refractivity contribution in [2.75, 3.05) is 14.2 Å². The van der Waals surface area contributed by atoms with Crippen molar-refractivity contribution in [1.82, 2.24) is 0 Å². The first-order valence-corrected chi connectivity index (χ1v) is 14.2. The lowest BCUT2D eigenvalue weighted by Crippen LogP contribution is -2.23. The van der Waals surface area contributed by atoms with E-state index in [1.165, 1.54) is 28.3 Å². The minimum absolute atomic E-state index is 0.273. The Balaban J connectivity index is 0.000000242. The van der Waals surface area contributed by atoms with E-state index in [0.29, 0.717) is 29.6 Å². The monoisotopic (exact) mass is 612 g/mol. The molecule has 1 unspecified atom stereocenters. The van der Waals surface area contributed by atoms with Gasteiger partial charge in [0.15, 0.2) is 0 Å². The number of hydrogen-bond acceptors (Lipinski definition) is 8. The van der Waals surface area contributed by atoms with Gasteiger partial charge in [-0.05, 0) is 92.4 Å². The van der Waals surface area contributed by atoms with Gasteiger partial charge in [-0.3, -0.25) is 14.4 Å². The van der Waals surface area contributed by atoms with Gasteiger partial charge in [0.2, 0.25) is 0 Å². The predicted molar refractivity (Wildman–Crippen MR) is 174 cm³/mol. The normalized spacial score (nSPS) is 12.1. The van der Waals surface area contributed by atoms with Gasteiger partial charge in [-0.25, -0.2) is 4.79 Å². The third-order valence-electron chi connectivity index (χ3n) is 6.52. The van der Waals surface area contributed by atoms with Crippen LogP contribution in [-0.4, -0.2) is 49.9 Å². The predicted octanol–water partition coefficient (Wildman–Crippen LogP) is 7.23. The van der Waals surface area contributed by atoms with Crippen LogP contribution in [0.3, 0.4) is 0 Å². The van der Waals surface area contributed by atoms with E-state index < -0.39 is 11.6 Å². The van der Waals surface area contributed by atoms with Crippen molar-refractivity contribution in [3.63, 3.8) is 0 Å². The van der Waals surface area contributed by atoms with Crippen LogP contribution in [0.5, 0.6) is 11.5 Å². The van der Waals surface area contributed by atoms with Gasteiger partial charge in [-0.2, -0.15) is 0 Å². The summed E-state index contributed by atoms with van der Waals surface area (Å²) >= 11 is 0. The van der Waals surface area contributed by atoms with E-state index in [1.54, 1.807) is 52.1 Å². The summed E-state index contributed by atoms with van der Waals surface area (Å²) in [6.07, 6.45) is 1.56. The van der Waals surface area contributed by atoms with Gasteiger partial charge < -0.3 is 19.3 Å². The minimum Gasteiger partial charge on any atom is -0.497 e. The molecule has 4 aromatic rings. The maximum absolute atomic E-state index is 11.6. The quantitative estimate of drug-likeness (QED) is 0.179. The van der Waals surface area contributed by atoms with Crippen LogP contribution in [0, 0.1) is 6.92 Å². The van der Waals surface area contributed by atoms with Gasteiger partial charge >= 0.3 is 5.97 Å². The number of carbonyl (C=O) groups excluding carboxylic acids is 4. The van der Waals surface area contributed by atoms with Crippen molar-refractivity contribution in [2.24, 2.45) is 0 Å². The van der Waals surface area contributed by atoms with E-state index in [0.717, 1.165) is 30.3 Å². The smallest absolute Gasteiger partial charge is 0.338 e. The molecule has 1 aliphatic rings. The molecule has 0 spiro atoms. The summed E-state index contributed by atoms with van der Waals surface area (Å²) < 4.78 is 15.4. The molecule has 1 aliphatic carbocycles. The molecule has 0 saturated carbocycles. The van der Waals surface area contributed by atoms with E-state index in [1.807, 2.05) is 49.4 Å². The van der Waals surface area contributed by atoms with Crippen LogP contribution in [0.15, 0.2) is 84.9 Å². The molecule has 1 atom stereocenters. The molecular weight excluding hydrogens is 572 g/mol. The summed E-state index contributed by atoms with van der Waals surface area (Å²) in [6, 6.07) is 25.8. The first-order valence-electron chi connectivity index (χ1n) is 14.2. The second kappa shape index (κ2) is 17.3. The number of aliphatic hydroxyl groups is 1. The number of benzene rings is 4. The lowest BCUT2D eigenvalue weighted by Gasteiger charge is -2.19. The molecular formula is C37H40O8. The largest absolute Gasteiger partial charge is 0.497 e. The molecule has 0 heterocycles. The maximum atomic E-state index is 11.6. The first kappa shape index (κ1) is 36.1. The topological polar surface area (TPSA) is 116 Å². The summed E-state index contributed by atoms with van der Waals surface area (Å²) in [4.78, 5) is 42.7. The van der Waals surface area contributed by atoms with E-state index in [9.17, 15) is 19.2 Å². The Labute approximate surface area is 264 Å². The number of rotatable bonds is 6. The van der Waals surface area contributed by atoms with Crippen molar-refractivity contribution < 1.29 is 38.5 Å². The highest BCUT2D eigenvalue weighted by Crippen LogP contribution is 2.46. The lowest BCUT2D eigenvalue weighted by atomic mass is 9.99. The molecule has 0 saturated heterocycles. The first-order chi connectivity index (χ1) is 21.5. The van der Waals surface area contributed by atoms with Crippen LogP contribution >= 0.6 is 0 Å². The highest BCUT2D eigenvalue weighted by atomic mass is 16.6. The molecule has 0 aliphatic heterocycles. The zero-order chi connectivity index (χ0) is 33.6. The molecule has 8 nitrogen and oxygen atoms in total. The van der Waals surface area contributed by atoms with Gasteiger partial charge in [-0.15, -0.1) is 0 Å². The Hall–Kier alpha value is -5.08. The number of aliphatic hydroxyl groups excluding tert-OH is 1. The second-order valence-corrected chi connectivity index (χ2v) is 10.9. The fraction of sp³-hybridized carbons (Fsp3) is 0.243. The van der Waals surface area contributed by atoms with Crippen LogP contribution in [0.2, 0.25) is 0 Å². The fourth-order valence-corrected chi connectivity index (χ4v) is 4.53. The van der Waals surface area contributed by atoms with Crippen molar-refractivity contribution in [2.45, 2.75) is 46.1 Å². The second-order valence-electron chi connectivity index (χ2n) is 10.9. The highest BCUT2D eigenvalue weighted by Gasteiger charge is 2.26. The van der Waals surface area contributed by atoms with Crippen molar-refractivity contribution in [3.05, 3.63) is 118 Å². The van der Waals surface area contributed by atoms with E-state index in [4.69, 9.17) is 19.3 Å². The summed E-state index contributed by atoms with van der Waals surface area (Å²) in [5, 5.41) is 7.00. The average molecular weight is 613 g/mol. The molecule has 8 heteroatoms. The summed E-state index contributed by atoms with van der Waals surface area (Å²) in [5.74, 6) is 1.31. The number of methoxy groups -OCH3 is 1. The Bertz CT molecular complexity index is 1600. The molecule has 0 aromatic heterocycles. The van der Waals surface area contributed by atoms with Crippen molar-refractivity contribution in [3.8, 4) is 22.6 Å². The third-order valence-corrected chi connectivity index (χ3v) is 6.52. The molecule has 0 bridgehead atoms. The van der Waals surface area contributed by atoms with E-state index >= 15 is 0 Å². The van der Waals surface area contributed by atoms with Gasteiger partial charge in [0.05, 0.1) is 12.7 Å². The average Bonchev–Trinajstić information content (AvgIpc) is 3.32. The summed E-state index contributed by atoms with van der Waals surface area (Å²) in [6.45, 7) is 9.97. The van der Waals surface area contributed by atoms with Crippen LogP contribution in [0.25, 0.3) is 11.1 Å². The van der Waals surface area contributed by atoms with Gasteiger partial charge in [-0.1, -0.05) is 55.0 Å². The fourth-order valence-electron chi connectivity index (χ4n) is 4.53. The Morgan fingerprint density at radius 1 is 0.756 bits per heavy atom. The molecule has 5 rings (SSSR count). The molecule has 236 valence electrons. The van der Waals surface area contributed by atoms with Crippen molar-refractivity contribution in [1.29, 1.82) is 0 Å². The minimum atomic E-state index is -0.520. The Kier molecular flexibility index (Phi) is 13.9. The third kappa shape index (κ3) is 10.5. The molecule has 0 amide bonds. The number of ether oxygens (including phenoxy) is 3. The Morgan fingerprint density at radius 2 is 1.29 bits per heavy atom. The number of aldehydes is 2. The molecule has 4 aromatic carbocycles. The molecule has 1 N–H and O–H groups in total. The van der Waals surface area contributed by atoms with Crippen LogP contribution in [0.1, 0.15) is 81.4 Å². The number of carbonyl (C=O) groups is 4. The number of aryl methyl sites for hydroxylation is 1. The summed E-state index contributed by atoms with van der Waals surface area (Å²) in [7, 11) is 2.67. The van der Waals surface area contributed by atoms with Gasteiger partial charge in [0.25, 0.3) is 6.47 Å². The zero-order valence-corrected chi connectivity index (χ0v) is 26.7. The van der Waals surface area contributed by atoms with Gasteiger partial charge in [0.1, 0.15) is 29.7 Å². The van der Waals surface area contributed by atoms with E-state index in [2.05, 4.69) is 19.1 Å². The molecule has 0 fully saturated rings. The zero-order valence-electron chi connectivity index (χ0n) is 26.7. The number of esters is 1. The van der Waals surface area contributed by atoms with Crippen molar-refractivity contribution >= 4 is 25.0 Å². The molecule has 0 radical (unpaired) electrons. The number of hydrogen-bond donors (Lipinski definition) is 1. The SMILES string of the molecule is CC(C)(C)OC(=O)c1cccc(C=O)c1.CO.COc1ccc2c(c1)C(C)c1cc(OC=O)ccc1-2.Cc1cccc(C=O)c1. The standard InChI is InChI=1S/C16H14O3.C12H14O3.C8H8O.CH4O/c1-10-15-7-11(18-2)3-5-13(15)14-6-4-12(19-9-17)8-16(10)14;1-12(2,3)15-11(14)10-6-4-5-9(7-10)8-13;1-7-3-2-4-8(5-7)6-9;1-2/h3-10H,1-2H3;4-8H,1-3H3;2-6H,1H3;2H,1H3. The van der Waals surface area contributed by atoms with E-state index in [-0.39, 0.29) is 5.92 Å². The lowest BCUT2D eigenvalue weighted by molar-refractivity contribution is -0.120. The van der Waals surface area contributed by atoms with Crippen LogP contribution in [0.4, 0.5) is 0 Å². The maximum Gasteiger partial charge on any atom is 0.338 e. The Morgan fingerprint density at radius 3 is 1.78 bits per heavy atom. The number of fused-ring (bicyclic) bond motifs is 3. The summed E-state index contributed by atoms with van der Waals surface area (Å²) in [5.41, 5.74) is 7.07.